The minimum Gasteiger partial charge on any atom is -0.394 e. The minimum absolute atomic E-state index is 0.0840. The maximum atomic E-state index is 9.29. The van der Waals surface area contributed by atoms with Crippen LogP contribution in [0, 0.1) is 0 Å². The SMILES string of the molecule is CCCCCCCCCCCCCCCCCCCCCCCCCC[C@H](O)CO. The van der Waals surface area contributed by atoms with Crippen molar-refractivity contribution in [2.75, 3.05) is 6.61 Å². The number of aliphatic hydroxyl groups excluding tert-OH is 2. The number of unbranched alkanes of at least 4 members (excludes halogenated alkanes) is 23. The second-order valence-electron chi connectivity index (χ2n) is 9.76. The smallest absolute Gasteiger partial charge is 0.0770 e. The van der Waals surface area contributed by atoms with E-state index in [-0.39, 0.29) is 6.61 Å². The summed E-state index contributed by atoms with van der Waals surface area (Å²) in [5.41, 5.74) is 0. The lowest BCUT2D eigenvalue weighted by Gasteiger charge is -2.06. The zero-order chi connectivity index (χ0) is 22.0. The predicted octanol–water partition coefficient (Wildman–Crippen LogP) is 9.11. The van der Waals surface area contributed by atoms with Crippen LogP contribution in [0.25, 0.3) is 0 Å². The molecule has 0 aromatic carbocycles. The molecule has 182 valence electrons. The third-order valence-electron chi connectivity index (χ3n) is 6.60. The topological polar surface area (TPSA) is 40.5 Å². The summed E-state index contributed by atoms with van der Waals surface area (Å²) in [7, 11) is 0. The number of aliphatic hydroxyl groups is 2. The fraction of sp³-hybridized carbons (Fsp3) is 1.00. The van der Waals surface area contributed by atoms with Crippen LogP contribution in [0.5, 0.6) is 0 Å². The van der Waals surface area contributed by atoms with Gasteiger partial charge in [-0.2, -0.15) is 0 Å². The molecule has 0 spiro atoms. The lowest BCUT2D eigenvalue weighted by atomic mass is 10.0. The highest BCUT2D eigenvalue weighted by atomic mass is 16.3. The van der Waals surface area contributed by atoms with E-state index in [0.717, 1.165) is 12.8 Å². The fourth-order valence-electron chi connectivity index (χ4n) is 4.43. The maximum Gasteiger partial charge on any atom is 0.0770 e. The first-order valence-corrected chi connectivity index (χ1v) is 14.1. The van der Waals surface area contributed by atoms with Crippen LogP contribution in [0.3, 0.4) is 0 Å². The van der Waals surface area contributed by atoms with Crippen molar-refractivity contribution in [3.63, 3.8) is 0 Å². The summed E-state index contributed by atoms with van der Waals surface area (Å²) in [4.78, 5) is 0. The molecule has 0 aliphatic carbocycles. The normalized spacial score (nSPS) is 12.5. The Balaban J connectivity index is 3.00. The van der Waals surface area contributed by atoms with Crippen LogP contribution < -0.4 is 0 Å². The first kappa shape index (κ1) is 29.9. The average molecular weight is 427 g/mol. The zero-order valence-corrected chi connectivity index (χ0v) is 20.9. The van der Waals surface area contributed by atoms with E-state index in [9.17, 15) is 5.11 Å². The molecule has 0 aromatic rings. The number of rotatable bonds is 26. The van der Waals surface area contributed by atoms with Gasteiger partial charge in [-0.15, -0.1) is 0 Å². The molecule has 2 heteroatoms. The third kappa shape index (κ3) is 26.0. The van der Waals surface area contributed by atoms with Crippen LogP contribution in [-0.2, 0) is 0 Å². The fourth-order valence-corrected chi connectivity index (χ4v) is 4.43. The summed E-state index contributed by atoms with van der Waals surface area (Å²) in [6.45, 7) is 2.21. The van der Waals surface area contributed by atoms with Crippen molar-refractivity contribution < 1.29 is 10.2 Å². The van der Waals surface area contributed by atoms with Crippen LogP contribution in [0.2, 0.25) is 0 Å². The standard InChI is InChI=1S/C28H58O2/c1-2-3-4-5-6-7-8-9-10-11-12-13-14-15-16-17-18-19-20-21-22-23-24-25-26-28(30)27-29/h28-30H,2-27H2,1H3/t28-/m0/s1. The van der Waals surface area contributed by atoms with E-state index in [4.69, 9.17) is 5.11 Å². The van der Waals surface area contributed by atoms with Gasteiger partial charge in [-0.1, -0.05) is 161 Å². The van der Waals surface area contributed by atoms with Gasteiger partial charge >= 0.3 is 0 Å². The highest BCUT2D eigenvalue weighted by Gasteiger charge is 2.00. The second-order valence-corrected chi connectivity index (χ2v) is 9.76. The van der Waals surface area contributed by atoms with Crippen molar-refractivity contribution in [3.05, 3.63) is 0 Å². The third-order valence-corrected chi connectivity index (χ3v) is 6.60. The van der Waals surface area contributed by atoms with Crippen LogP contribution in [0.4, 0.5) is 0 Å². The quantitative estimate of drug-likeness (QED) is 0.135. The highest BCUT2D eigenvalue weighted by Crippen LogP contribution is 2.15. The van der Waals surface area contributed by atoms with Gasteiger partial charge in [0, 0.05) is 0 Å². The molecule has 0 unspecified atom stereocenters. The summed E-state index contributed by atoms with van der Waals surface area (Å²) >= 11 is 0. The van der Waals surface area contributed by atoms with Crippen molar-refractivity contribution in [2.24, 2.45) is 0 Å². The number of hydrogen-bond donors (Lipinski definition) is 2. The Bertz CT molecular complexity index is 292. The van der Waals surface area contributed by atoms with Crippen LogP contribution in [0.15, 0.2) is 0 Å². The maximum absolute atomic E-state index is 9.29. The monoisotopic (exact) mass is 426 g/mol. The van der Waals surface area contributed by atoms with Crippen molar-refractivity contribution in [1.29, 1.82) is 0 Å². The summed E-state index contributed by atoms with van der Waals surface area (Å²) in [6, 6.07) is 0. The van der Waals surface area contributed by atoms with Gasteiger partial charge in [-0.05, 0) is 6.42 Å². The molecule has 0 aliphatic heterocycles. The molecule has 0 bridgehead atoms. The van der Waals surface area contributed by atoms with Crippen molar-refractivity contribution in [1.82, 2.24) is 0 Å². The van der Waals surface area contributed by atoms with E-state index >= 15 is 0 Å². The Morgan fingerprint density at radius 3 is 0.867 bits per heavy atom. The molecule has 0 saturated carbocycles. The molecule has 30 heavy (non-hydrogen) atoms. The van der Waals surface area contributed by atoms with E-state index in [1.807, 2.05) is 0 Å². The van der Waals surface area contributed by atoms with Crippen molar-refractivity contribution in [2.45, 2.75) is 174 Å². The van der Waals surface area contributed by atoms with Gasteiger partial charge in [0.05, 0.1) is 12.7 Å². The Kier molecular flexibility index (Phi) is 26.9. The summed E-state index contributed by atoms with van der Waals surface area (Å²) in [6.07, 6.45) is 34.1. The van der Waals surface area contributed by atoms with Gasteiger partial charge in [0.1, 0.15) is 0 Å². The second kappa shape index (κ2) is 27.0. The van der Waals surface area contributed by atoms with Crippen LogP contribution in [0.1, 0.15) is 167 Å². The molecule has 0 radical (unpaired) electrons. The summed E-state index contributed by atoms with van der Waals surface area (Å²) in [5, 5.41) is 18.1. The zero-order valence-electron chi connectivity index (χ0n) is 20.9. The van der Waals surface area contributed by atoms with E-state index in [2.05, 4.69) is 6.92 Å². The first-order valence-electron chi connectivity index (χ1n) is 14.1. The number of hydrogen-bond acceptors (Lipinski definition) is 2. The molecule has 0 rings (SSSR count). The molecule has 2 N–H and O–H groups in total. The molecule has 0 heterocycles. The molecule has 0 aromatic heterocycles. The first-order chi connectivity index (χ1) is 14.8. The predicted molar refractivity (Wildman–Crippen MR) is 134 cm³/mol. The highest BCUT2D eigenvalue weighted by molar-refractivity contribution is 4.54. The van der Waals surface area contributed by atoms with E-state index < -0.39 is 6.10 Å². The molecule has 1 atom stereocenters. The lowest BCUT2D eigenvalue weighted by Crippen LogP contribution is -2.10. The molecule has 2 nitrogen and oxygen atoms in total. The van der Waals surface area contributed by atoms with E-state index in [1.165, 1.54) is 148 Å². The van der Waals surface area contributed by atoms with Gasteiger partial charge < -0.3 is 10.2 Å². The molecule has 0 amide bonds. The molecule has 0 aliphatic rings. The van der Waals surface area contributed by atoms with Gasteiger partial charge in [0.25, 0.3) is 0 Å². The lowest BCUT2D eigenvalue weighted by molar-refractivity contribution is 0.0860. The van der Waals surface area contributed by atoms with E-state index in [0.29, 0.717) is 0 Å². The minimum atomic E-state index is -0.496. The Labute approximate surface area is 190 Å². The Morgan fingerprint density at radius 1 is 0.400 bits per heavy atom. The van der Waals surface area contributed by atoms with Gasteiger partial charge in [-0.3, -0.25) is 0 Å². The van der Waals surface area contributed by atoms with Crippen molar-refractivity contribution >= 4 is 0 Å². The van der Waals surface area contributed by atoms with E-state index in [1.54, 1.807) is 0 Å². The van der Waals surface area contributed by atoms with Crippen LogP contribution >= 0.6 is 0 Å². The summed E-state index contributed by atoms with van der Waals surface area (Å²) < 4.78 is 0. The van der Waals surface area contributed by atoms with Crippen LogP contribution in [-0.4, -0.2) is 22.9 Å². The molecular weight excluding hydrogens is 368 g/mol. The summed E-state index contributed by atoms with van der Waals surface area (Å²) in [5.74, 6) is 0. The molecular formula is C28H58O2. The van der Waals surface area contributed by atoms with Gasteiger partial charge in [0.2, 0.25) is 0 Å². The van der Waals surface area contributed by atoms with Crippen molar-refractivity contribution in [3.8, 4) is 0 Å². The van der Waals surface area contributed by atoms with Gasteiger partial charge in [-0.25, -0.2) is 0 Å². The Morgan fingerprint density at radius 2 is 0.633 bits per heavy atom. The average Bonchev–Trinajstić information content (AvgIpc) is 2.76. The Hall–Kier alpha value is -0.0800. The largest absolute Gasteiger partial charge is 0.394 e. The molecule has 0 fully saturated rings. The van der Waals surface area contributed by atoms with Gasteiger partial charge in [0.15, 0.2) is 0 Å². The molecule has 0 saturated heterocycles.